The summed E-state index contributed by atoms with van der Waals surface area (Å²) >= 11 is 1.60. The maximum atomic E-state index is 5.25. The Bertz CT molecular complexity index is 619. The second kappa shape index (κ2) is 4.49. The van der Waals surface area contributed by atoms with Crippen molar-refractivity contribution in [2.24, 2.45) is 0 Å². The highest BCUT2D eigenvalue weighted by Gasteiger charge is 2.14. The number of ether oxygens (including phenoxy) is 1. The van der Waals surface area contributed by atoms with Crippen LogP contribution in [-0.4, -0.2) is 28.1 Å². The minimum absolute atomic E-state index is 0.792. The molecule has 0 amide bonds. The van der Waals surface area contributed by atoms with Gasteiger partial charge in [-0.2, -0.15) is 0 Å². The average Bonchev–Trinajstić information content (AvgIpc) is 2.70. The van der Waals surface area contributed by atoms with Gasteiger partial charge in [0.2, 0.25) is 0 Å². The van der Waals surface area contributed by atoms with E-state index in [1.165, 1.54) is 11.1 Å². The van der Waals surface area contributed by atoms with Crippen LogP contribution >= 0.6 is 11.8 Å². The number of hydrogen-bond donors (Lipinski definition) is 0. The molecule has 18 heavy (non-hydrogen) atoms. The standard InChI is InChI=1S/C13H13N3OS/c1-17-11-4-3-9-8-12-14-15-13(18-2)16(12)6-5-10(9)7-11/h3-7H,8H2,1-2H3. The molecule has 2 aromatic rings. The summed E-state index contributed by atoms with van der Waals surface area (Å²) in [5, 5.41) is 9.32. The first-order chi connectivity index (χ1) is 8.81. The third kappa shape index (κ3) is 1.80. The fourth-order valence-electron chi connectivity index (χ4n) is 2.06. The van der Waals surface area contributed by atoms with Gasteiger partial charge in [-0.15, -0.1) is 10.2 Å². The topological polar surface area (TPSA) is 39.9 Å². The first kappa shape index (κ1) is 11.3. The van der Waals surface area contributed by atoms with Gasteiger partial charge in [-0.1, -0.05) is 17.8 Å². The normalized spacial score (nSPS) is 12.8. The molecule has 1 aromatic carbocycles. The quantitative estimate of drug-likeness (QED) is 0.663. The molecule has 0 atom stereocenters. The van der Waals surface area contributed by atoms with Crippen LogP contribution in [0, 0.1) is 0 Å². The van der Waals surface area contributed by atoms with Gasteiger partial charge >= 0.3 is 0 Å². The van der Waals surface area contributed by atoms with E-state index in [0.717, 1.165) is 23.2 Å². The van der Waals surface area contributed by atoms with Crippen molar-refractivity contribution >= 4 is 24.0 Å². The molecule has 0 fully saturated rings. The Kier molecular flexibility index (Phi) is 2.83. The van der Waals surface area contributed by atoms with Crippen LogP contribution in [0.3, 0.4) is 0 Å². The molecule has 0 saturated carbocycles. The van der Waals surface area contributed by atoms with Gasteiger partial charge in [0, 0.05) is 12.6 Å². The Morgan fingerprint density at radius 3 is 3.00 bits per heavy atom. The average molecular weight is 259 g/mol. The highest BCUT2D eigenvalue weighted by atomic mass is 32.2. The molecule has 2 heterocycles. The molecule has 0 N–H and O–H groups in total. The van der Waals surface area contributed by atoms with Crippen LogP contribution in [0.4, 0.5) is 0 Å². The summed E-state index contributed by atoms with van der Waals surface area (Å²) in [5.41, 5.74) is 2.41. The lowest BCUT2D eigenvalue weighted by Crippen LogP contribution is -1.97. The van der Waals surface area contributed by atoms with Crippen molar-refractivity contribution in [1.82, 2.24) is 14.8 Å². The number of fused-ring (bicyclic) bond motifs is 2. The van der Waals surface area contributed by atoms with E-state index in [1.807, 2.05) is 29.2 Å². The van der Waals surface area contributed by atoms with Gasteiger partial charge in [0.25, 0.3) is 0 Å². The zero-order valence-electron chi connectivity index (χ0n) is 10.3. The number of rotatable bonds is 2. The second-order valence-electron chi connectivity index (χ2n) is 4.03. The van der Waals surface area contributed by atoms with E-state index in [9.17, 15) is 0 Å². The maximum absolute atomic E-state index is 5.25. The van der Waals surface area contributed by atoms with E-state index < -0.39 is 0 Å². The van der Waals surface area contributed by atoms with Crippen LogP contribution in [0.1, 0.15) is 17.0 Å². The zero-order chi connectivity index (χ0) is 12.5. The van der Waals surface area contributed by atoms with Crippen LogP contribution in [0.2, 0.25) is 0 Å². The Labute approximate surface area is 110 Å². The van der Waals surface area contributed by atoms with Crippen LogP contribution in [-0.2, 0) is 6.42 Å². The molecule has 5 heteroatoms. The summed E-state index contributed by atoms with van der Waals surface area (Å²) in [7, 11) is 1.68. The van der Waals surface area contributed by atoms with Gasteiger partial charge in [-0.25, -0.2) is 0 Å². The molecule has 0 saturated heterocycles. The monoisotopic (exact) mass is 259 g/mol. The number of thioether (sulfide) groups is 1. The first-order valence-electron chi connectivity index (χ1n) is 5.64. The van der Waals surface area contributed by atoms with Crippen molar-refractivity contribution in [3.05, 3.63) is 35.2 Å². The predicted molar refractivity (Wildman–Crippen MR) is 72.8 cm³/mol. The predicted octanol–water partition coefficient (Wildman–Crippen LogP) is 2.54. The number of hydrogen-bond acceptors (Lipinski definition) is 4. The lowest BCUT2D eigenvalue weighted by molar-refractivity contribution is 0.414. The van der Waals surface area contributed by atoms with Crippen molar-refractivity contribution in [2.45, 2.75) is 11.6 Å². The Morgan fingerprint density at radius 1 is 1.33 bits per heavy atom. The summed E-state index contributed by atoms with van der Waals surface area (Å²) < 4.78 is 7.29. The Morgan fingerprint density at radius 2 is 2.22 bits per heavy atom. The van der Waals surface area contributed by atoms with Gasteiger partial charge in [0.1, 0.15) is 11.6 Å². The number of methoxy groups -OCH3 is 1. The third-order valence-electron chi connectivity index (χ3n) is 3.02. The Hall–Kier alpha value is -1.75. The molecule has 4 nitrogen and oxygen atoms in total. The van der Waals surface area contributed by atoms with E-state index in [4.69, 9.17) is 4.74 Å². The van der Waals surface area contributed by atoms with E-state index in [-0.39, 0.29) is 0 Å². The van der Waals surface area contributed by atoms with E-state index >= 15 is 0 Å². The van der Waals surface area contributed by atoms with Gasteiger partial charge < -0.3 is 4.74 Å². The van der Waals surface area contributed by atoms with Crippen LogP contribution in [0.15, 0.2) is 23.4 Å². The molecule has 0 spiro atoms. The van der Waals surface area contributed by atoms with Crippen molar-refractivity contribution < 1.29 is 4.74 Å². The highest BCUT2D eigenvalue weighted by molar-refractivity contribution is 7.98. The van der Waals surface area contributed by atoms with Crippen molar-refractivity contribution in [1.29, 1.82) is 0 Å². The Balaban J connectivity index is 2.08. The molecule has 0 unspecified atom stereocenters. The number of aromatic nitrogens is 3. The molecule has 3 rings (SSSR count). The largest absolute Gasteiger partial charge is 0.497 e. The zero-order valence-corrected chi connectivity index (χ0v) is 11.1. The second-order valence-corrected chi connectivity index (χ2v) is 4.80. The molecule has 0 bridgehead atoms. The fraction of sp³-hybridized carbons (Fsp3) is 0.231. The van der Waals surface area contributed by atoms with Crippen molar-refractivity contribution in [2.75, 3.05) is 13.4 Å². The van der Waals surface area contributed by atoms with Gasteiger partial charge in [-0.3, -0.25) is 4.57 Å². The van der Waals surface area contributed by atoms with Crippen LogP contribution in [0.5, 0.6) is 5.75 Å². The molecular formula is C13H13N3OS. The lowest BCUT2D eigenvalue weighted by atomic mass is 10.0. The smallest absolute Gasteiger partial charge is 0.195 e. The van der Waals surface area contributed by atoms with E-state index in [0.29, 0.717) is 0 Å². The van der Waals surface area contributed by atoms with Crippen LogP contribution < -0.4 is 4.74 Å². The molecule has 0 aliphatic carbocycles. The molecule has 1 aliphatic rings. The van der Waals surface area contributed by atoms with Gasteiger partial charge in [0.15, 0.2) is 5.16 Å². The summed E-state index contributed by atoms with van der Waals surface area (Å²) in [6.45, 7) is 0. The molecule has 92 valence electrons. The maximum Gasteiger partial charge on any atom is 0.195 e. The SMILES string of the molecule is COc1ccc2c(c1)C=Cn1c(nnc1SC)C2. The van der Waals surface area contributed by atoms with Gasteiger partial charge in [-0.05, 0) is 35.6 Å². The van der Waals surface area contributed by atoms with Crippen molar-refractivity contribution in [3.8, 4) is 5.75 Å². The molecule has 1 aromatic heterocycles. The highest BCUT2D eigenvalue weighted by Crippen LogP contribution is 2.26. The molecular weight excluding hydrogens is 246 g/mol. The van der Waals surface area contributed by atoms with E-state index in [1.54, 1.807) is 18.9 Å². The first-order valence-corrected chi connectivity index (χ1v) is 6.87. The fourth-order valence-corrected chi connectivity index (χ4v) is 2.54. The third-order valence-corrected chi connectivity index (χ3v) is 3.67. The summed E-state index contributed by atoms with van der Waals surface area (Å²) in [6, 6.07) is 6.11. The summed E-state index contributed by atoms with van der Waals surface area (Å²) in [5.74, 6) is 1.85. The van der Waals surface area contributed by atoms with E-state index in [2.05, 4.69) is 22.3 Å². The summed E-state index contributed by atoms with van der Waals surface area (Å²) in [6.07, 6.45) is 6.90. The number of benzene rings is 1. The molecule has 1 aliphatic heterocycles. The van der Waals surface area contributed by atoms with Crippen LogP contribution in [0.25, 0.3) is 12.3 Å². The number of nitrogens with zero attached hydrogens (tertiary/aromatic N) is 3. The van der Waals surface area contributed by atoms with Gasteiger partial charge in [0.05, 0.1) is 7.11 Å². The molecule has 0 radical (unpaired) electrons. The minimum atomic E-state index is 0.792. The van der Waals surface area contributed by atoms with Crippen molar-refractivity contribution in [3.63, 3.8) is 0 Å². The minimum Gasteiger partial charge on any atom is -0.497 e. The lowest BCUT2D eigenvalue weighted by Gasteiger charge is -2.05. The summed E-state index contributed by atoms with van der Waals surface area (Å²) in [4.78, 5) is 0.